The first-order valence-corrected chi connectivity index (χ1v) is 7.21. The Bertz CT molecular complexity index is 572. The number of nitrogens with one attached hydrogen (secondary N) is 1. The summed E-state index contributed by atoms with van der Waals surface area (Å²) in [6.45, 7) is 0.231. The van der Waals surface area contributed by atoms with Gasteiger partial charge in [0.05, 0.1) is 11.7 Å². The highest BCUT2D eigenvalue weighted by molar-refractivity contribution is 9.10. The lowest BCUT2D eigenvalue weighted by Crippen LogP contribution is -2.33. The molecule has 3 nitrogen and oxygen atoms in total. The molecule has 2 aromatic carbocycles. The average Bonchev–Trinajstić information content (AvgIpc) is 2.46. The van der Waals surface area contributed by atoms with Gasteiger partial charge in [0.2, 0.25) is 0 Å². The molecule has 0 aliphatic carbocycles. The van der Waals surface area contributed by atoms with Crippen molar-refractivity contribution < 1.29 is 9.90 Å². The van der Waals surface area contributed by atoms with Gasteiger partial charge in [-0.05, 0) is 33.6 Å². The second kappa shape index (κ2) is 7.22. The molecular formula is C16H16BrNO2. The van der Waals surface area contributed by atoms with Crippen molar-refractivity contribution in [3.8, 4) is 0 Å². The number of aliphatic hydroxyl groups is 1. The minimum atomic E-state index is -0.594. The van der Waals surface area contributed by atoms with Crippen LogP contribution in [0.3, 0.4) is 0 Å². The molecule has 1 amide bonds. The standard InChI is InChI=1S/C16H16BrNO2/c17-15-9-5-4-8-14(15)16(20)18-11-13(19)10-12-6-2-1-3-7-12/h1-9,13,19H,10-11H2,(H,18,20)/t13-/m1/s1. The van der Waals surface area contributed by atoms with Crippen LogP contribution in [0.2, 0.25) is 0 Å². The van der Waals surface area contributed by atoms with Crippen molar-refractivity contribution >= 4 is 21.8 Å². The predicted molar refractivity (Wildman–Crippen MR) is 82.6 cm³/mol. The average molecular weight is 334 g/mol. The number of hydrogen-bond donors (Lipinski definition) is 2. The first-order valence-electron chi connectivity index (χ1n) is 6.41. The zero-order valence-electron chi connectivity index (χ0n) is 10.9. The van der Waals surface area contributed by atoms with E-state index in [0.717, 1.165) is 10.0 Å². The second-order valence-corrected chi connectivity index (χ2v) is 5.39. The van der Waals surface area contributed by atoms with Gasteiger partial charge in [0.15, 0.2) is 0 Å². The SMILES string of the molecule is O=C(NC[C@H](O)Cc1ccccc1)c1ccccc1Br. The minimum absolute atomic E-state index is 0.190. The third kappa shape index (κ3) is 4.18. The fraction of sp³-hybridized carbons (Fsp3) is 0.188. The maximum Gasteiger partial charge on any atom is 0.252 e. The number of carbonyl (C=O) groups is 1. The summed E-state index contributed by atoms with van der Waals surface area (Å²) in [6.07, 6.45) is -0.0688. The molecule has 104 valence electrons. The number of hydrogen-bond acceptors (Lipinski definition) is 2. The molecule has 0 bridgehead atoms. The molecule has 0 saturated heterocycles. The molecule has 0 saturated carbocycles. The lowest BCUT2D eigenvalue weighted by molar-refractivity contribution is 0.0915. The summed E-state index contributed by atoms with van der Waals surface area (Å²) in [5, 5.41) is 12.7. The molecule has 0 heterocycles. The summed E-state index contributed by atoms with van der Waals surface area (Å²) < 4.78 is 0.745. The van der Waals surface area contributed by atoms with Crippen molar-refractivity contribution in [2.75, 3.05) is 6.54 Å². The van der Waals surface area contributed by atoms with Crippen LogP contribution >= 0.6 is 15.9 Å². The number of aliphatic hydroxyl groups excluding tert-OH is 1. The molecule has 0 unspecified atom stereocenters. The van der Waals surface area contributed by atoms with E-state index in [4.69, 9.17) is 0 Å². The molecule has 2 rings (SSSR count). The molecule has 20 heavy (non-hydrogen) atoms. The summed E-state index contributed by atoms with van der Waals surface area (Å²) in [7, 11) is 0. The van der Waals surface area contributed by atoms with Crippen LogP contribution in [0.4, 0.5) is 0 Å². The molecule has 1 atom stereocenters. The summed E-state index contributed by atoms with van der Waals surface area (Å²) in [5.74, 6) is -0.190. The smallest absolute Gasteiger partial charge is 0.252 e. The number of rotatable bonds is 5. The van der Waals surface area contributed by atoms with E-state index in [1.54, 1.807) is 12.1 Å². The lowest BCUT2D eigenvalue weighted by Gasteiger charge is -2.12. The Morgan fingerprint density at radius 2 is 1.75 bits per heavy atom. The number of benzene rings is 2. The monoisotopic (exact) mass is 333 g/mol. The van der Waals surface area contributed by atoms with Crippen LogP contribution in [0.1, 0.15) is 15.9 Å². The zero-order valence-corrected chi connectivity index (χ0v) is 12.5. The van der Waals surface area contributed by atoms with Crippen molar-refractivity contribution in [2.24, 2.45) is 0 Å². The molecule has 0 spiro atoms. The lowest BCUT2D eigenvalue weighted by atomic mass is 10.1. The van der Waals surface area contributed by atoms with E-state index in [9.17, 15) is 9.90 Å². The van der Waals surface area contributed by atoms with Gasteiger partial charge in [-0.3, -0.25) is 4.79 Å². The van der Waals surface area contributed by atoms with E-state index < -0.39 is 6.10 Å². The maximum atomic E-state index is 12.0. The highest BCUT2D eigenvalue weighted by Gasteiger charge is 2.11. The van der Waals surface area contributed by atoms with Crippen molar-refractivity contribution in [3.63, 3.8) is 0 Å². The van der Waals surface area contributed by atoms with Gasteiger partial charge in [0.1, 0.15) is 0 Å². The number of amides is 1. The Labute approximate surface area is 126 Å². The van der Waals surface area contributed by atoms with Crippen molar-refractivity contribution in [1.82, 2.24) is 5.32 Å². The van der Waals surface area contributed by atoms with E-state index in [-0.39, 0.29) is 12.5 Å². The molecule has 0 aliphatic heterocycles. The van der Waals surface area contributed by atoms with Gasteiger partial charge >= 0.3 is 0 Å². The topological polar surface area (TPSA) is 49.3 Å². The van der Waals surface area contributed by atoms with Gasteiger partial charge in [0, 0.05) is 17.4 Å². The van der Waals surface area contributed by atoms with Gasteiger partial charge in [-0.25, -0.2) is 0 Å². The number of halogens is 1. The molecular weight excluding hydrogens is 318 g/mol. The highest BCUT2D eigenvalue weighted by atomic mass is 79.9. The summed E-state index contributed by atoms with van der Waals surface area (Å²) >= 11 is 3.33. The Kier molecular flexibility index (Phi) is 5.32. The first-order chi connectivity index (χ1) is 9.66. The van der Waals surface area contributed by atoms with E-state index in [2.05, 4.69) is 21.2 Å². The minimum Gasteiger partial charge on any atom is -0.391 e. The highest BCUT2D eigenvalue weighted by Crippen LogP contribution is 2.15. The second-order valence-electron chi connectivity index (χ2n) is 4.53. The summed E-state index contributed by atoms with van der Waals surface area (Å²) in [4.78, 5) is 12.0. The quantitative estimate of drug-likeness (QED) is 0.883. The van der Waals surface area contributed by atoms with Crippen LogP contribution in [0.25, 0.3) is 0 Å². The maximum absolute atomic E-state index is 12.0. The molecule has 0 fully saturated rings. The van der Waals surface area contributed by atoms with Crippen LogP contribution in [-0.2, 0) is 6.42 Å². The number of carbonyl (C=O) groups excluding carboxylic acids is 1. The molecule has 0 radical (unpaired) electrons. The molecule has 4 heteroatoms. The Hall–Kier alpha value is -1.65. The van der Waals surface area contributed by atoms with Crippen molar-refractivity contribution in [3.05, 3.63) is 70.2 Å². The van der Waals surface area contributed by atoms with E-state index >= 15 is 0 Å². The van der Waals surface area contributed by atoms with Crippen LogP contribution < -0.4 is 5.32 Å². The van der Waals surface area contributed by atoms with Gasteiger partial charge in [-0.15, -0.1) is 0 Å². The largest absolute Gasteiger partial charge is 0.391 e. The van der Waals surface area contributed by atoms with Crippen molar-refractivity contribution in [1.29, 1.82) is 0 Å². The predicted octanol–water partition coefficient (Wildman–Crippen LogP) is 2.78. The Morgan fingerprint density at radius 3 is 2.45 bits per heavy atom. The first kappa shape index (κ1) is 14.8. The van der Waals surface area contributed by atoms with E-state index in [1.807, 2.05) is 42.5 Å². The molecule has 2 N–H and O–H groups in total. The van der Waals surface area contributed by atoms with Gasteiger partial charge in [0.25, 0.3) is 5.91 Å². The van der Waals surface area contributed by atoms with Gasteiger partial charge < -0.3 is 10.4 Å². The van der Waals surface area contributed by atoms with Crippen LogP contribution in [0, 0.1) is 0 Å². The van der Waals surface area contributed by atoms with Gasteiger partial charge in [-0.2, -0.15) is 0 Å². The summed E-state index contributed by atoms with van der Waals surface area (Å²) in [5.41, 5.74) is 1.62. The van der Waals surface area contributed by atoms with Gasteiger partial charge in [-0.1, -0.05) is 42.5 Å². The third-order valence-corrected chi connectivity index (χ3v) is 3.62. The third-order valence-electron chi connectivity index (χ3n) is 2.93. The normalized spacial score (nSPS) is 11.9. The molecule has 0 aromatic heterocycles. The van der Waals surface area contributed by atoms with E-state index in [0.29, 0.717) is 12.0 Å². The van der Waals surface area contributed by atoms with Crippen LogP contribution in [0.5, 0.6) is 0 Å². The Balaban J connectivity index is 1.86. The van der Waals surface area contributed by atoms with E-state index in [1.165, 1.54) is 0 Å². The Morgan fingerprint density at radius 1 is 1.10 bits per heavy atom. The molecule has 0 aliphatic rings. The zero-order chi connectivity index (χ0) is 14.4. The molecule has 2 aromatic rings. The summed E-state index contributed by atoms with van der Waals surface area (Å²) in [6, 6.07) is 16.9. The fourth-order valence-corrected chi connectivity index (χ4v) is 2.37. The van der Waals surface area contributed by atoms with Crippen molar-refractivity contribution in [2.45, 2.75) is 12.5 Å². The van der Waals surface area contributed by atoms with Crippen LogP contribution in [0.15, 0.2) is 59.1 Å². The fourth-order valence-electron chi connectivity index (χ4n) is 1.91. The van der Waals surface area contributed by atoms with Crippen LogP contribution in [-0.4, -0.2) is 23.7 Å².